The fourth-order valence-corrected chi connectivity index (χ4v) is 6.54. The van der Waals surface area contributed by atoms with Crippen LogP contribution >= 0.6 is 11.6 Å². The minimum atomic E-state index is -0.707. The van der Waals surface area contributed by atoms with Gasteiger partial charge in [-0.15, -0.1) is 0 Å². The zero-order valence-corrected chi connectivity index (χ0v) is 32.6. The van der Waals surface area contributed by atoms with E-state index in [0.29, 0.717) is 57.1 Å². The van der Waals surface area contributed by atoms with Gasteiger partial charge in [-0.2, -0.15) is 19.2 Å². The topological polar surface area (TPSA) is 206 Å². The van der Waals surface area contributed by atoms with E-state index in [1.165, 1.54) is 10.7 Å². The molecule has 5 amide bonds. The summed E-state index contributed by atoms with van der Waals surface area (Å²) in [6.45, 7) is 5.41. The summed E-state index contributed by atoms with van der Waals surface area (Å²) in [5.41, 5.74) is 2.07. The number of hydrogen-bond acceptors (Lipinski definition) is 12. The molecule has 0 radical (unpaired) electrons. The van der Waals surface area contributed by atoms with Crippen LogP contribution in [0.15, 0.2) is 53.9 Å². The largest absolute Gasteiger partial charge is 0.443 e. The summed E-state index contributed by atoms with van der Waals surface area (Å²) < 4.78 is 35.8. The first-order valence-corrected chi connectivity index (χ1v) is 19.0. The number of nitrogens with zero attached hydrogens (tertiary/aromatic N) is 7. The van der Waals surface area contributed by atoms with Crippen LogP contribution in [0.5, 0.6) is 0 Å². The Balaban J connectivity index is 0.000000164. The van der Waals surface area contributed by atoms with Gasteiger partial charge >= 0.3 is 6.09 Å². The van der Waals surface area contributed by atoms with Crippen molar-refractivity contribution in [3.05, 3.63) is 81.8 Å². The number of halogens is 3. The molecule has 9 rings (SSSR count). The van der Waals surface area contributed by atoms with E-state index in [1.807, 2.05) is 0 Å². The molecule has 0 bridgehead atoms. The molecule has 2 aliphatic heterocycles. The molecule has 0 atom stereocenters. The van der Waals surface area contributed by atoms with E-state index in [-0.39, 0.29) is 41.5 Å². The van der Waals surface area contributed by atoms with Gasteiger partial charge in [-0.1, -0.05) is 11.6 Å². The van der Waals surface area contributed by atoms with Crippen molar-refractivity contribution >= 4 is 87.9 Å². The van der Waals surface area contributed by atoms with Gasteiger partial charge in [0.05, 0.1) is 25.2 Å². The number of anilines is 4. The summed E-state index contributed by atoms with van der Waals surface area (Å²) in [7, 11) is 0. The molecule has 0 unspecified atom stereocenters. The molecule has 59 heavy (non-hydrogen) atoms. The Bertz CT molecular complexity index is 2640. The molecule has 2 aliphatic carbocycles. The number of amides is 5. The van der Waals surface area contributed by atoms with Gasteiger partial charge < -0.3 is 15.4 Å². The fourth-order valence-electron chi connectivity index (χ4n) is 6.36. The summed E-state index contributed by atoms with van der Waals surface area (Å²) in [4.78, 5) is 69.9. The summed E-state index contributed by atoms with van der Waals surface area (Å²) in [6.07, 6.45) is 9.46. The second-order valence-corrected chi connectivity index (χ2v) is 15.8. The van der Waals surface area contributed by atoms with Crippen molar-refractivity contribution in [1.29, 1.82) is 0 Å². The van der Waals surface area contributed by atoms with Gasteiger partial charge in [0.1, 0.15) is 39.8 Å². The van der Waals surface area contributed by atoms with E-state index in [9.17, 15) is 32.8 Å². The average Bonchev–Trinajstić information content (AvgIpc) is 4.00. The van der Waals surface area contributed by atoms with Gasteiger partial charge in [0.25, 0.3) is 11.8 Å². The highest BCUT2D eigenvalue weighted by molar-refractivity contribution is 6.30. The van der Waals surface area contributed by atoms with Crippen molar-refractivity contribution < 1.29 is 37.5 Å². The Labute approximate surface area is 338 Å². The van der Waals surface area contributed by atoms with Crippen LogP contribution in [-0.2, 0) is 23.9 Å². The highest BCUT2D eigenvalue weighted by atomic mass is 35.5. The molecule has 5 aromatic rings. The smallest absolute Gasteiger partial charge is 0.416 e. The van der Waals surface area contributed by atoms with E-state index >= 15 is 0 Å². The number of rotatable bonds is 8. The first-order chi connectivity index (χ1) is 28.1. The summed E-state index contributed by atoms with van der Waals surface area (Å²) in [6, 6.07) is 6.69. The van der Waals surface area contributed by atoms with Crippen LogP contribution in [0.1, 0.15) is 70.4 Å². The van der Waals surface area contributed by atoms with Gasteiger partial charge in [0.15, 0.2) is 11.3 Å². The number of carbonyl (C=O) groups excluding carboxylic acids is 5. The Morgan fingerprint density at radius 2 is 1.42 bits per heavy atom. The van der Waals surface area contributed by atoms with Crippen LogP contribution in [-0.4, -0.2) is 76.6 Å². The molecule has 20 heteroatoms. The third-order valence-corrected chi connectivity index (χ3v) is 9.41. The number of hydrogen-bond donors (Lipinski definition) is 4. The minimum absolute atomic E-state index is 0.00393. The van der Waals surface area contributed by atoms with Crippen LogP contribution in [0.3, 0.4) is 0 Å². The van der Waals surface area contributed by atoms with Crippen LogP contribution < -0.4 is 26.2 Å². The highest BCUT2D eigenvalue weighted by Crippen LogP contribution is 2.35. The van der Waals surface area contributed by atoms with Gasteiger partial charge in [0.2, 0.25) is 11.8 Å². The van der Waals surface area contributed by atoms with E-state index in [0.717, 1.165) is 43.9 Å². The summed E-state index contributed by atoms with van der Waals surface area (Å²) >= 11 is 6.24. The van der Waals surface area contributed by atoms with E-state index in [2.05, 4.69) is 41.4 Å². The van der Waals surface area contributed by atoms with Crippen molar-refractivity contribution in [2.75, 3.05) is 15.5 Å². The first kappa shape index (κ1) is 39.1. The average molecular weight is 828 g/mol. The minimum Gasteiger partial charge on any atom is -0.443 e. The number of ether oxygens (including phenoxy) is 1. The van der Waals surface area contributed by atoms with Crippen LogP contribution in [0.4, 0.5) is 36.7 Å². The van der Waals surface area contributed by atoms with E-state index < -0.39 is 35.1 Å². The Hall–Kier alpha value is -6.76. The lowest BCUT2D eigenvalue weighted by Crippen LogP contribution is -2.39. The van der Waals surface area contributed by atoms with Crippen molar-refractivity contribution in [2.24, 2.45) is 0 Å². The lowest BCUT2D eigenvalue weighted by atomic mass is 10.1. The van der Waals surface area contributed by atoms with Gasteiger partial charge in [-0.3, -0.25) is 34.7 Å². The lowest BCUT2D eigenvalue weighted by Gasteiger charge is -2.27. The lowest BCUT2D eigenvalue weighted by molar-refractivity contribution is -0.125. The molecular weight excluding hydrogens is 792 g/mol. The van der Waals surface area contributed by atoms with E-state index in [4.69, 9.17) is 16.3 Å². The SMILES string of the molecule is CC(C)(C)OC(=O)N(c1cc(Cl)nc2c(/C=C3\CC(=O)NC3=O)cnn12)C1CC1.O=C1C/C(=C\c2cnn3c(NC4CC4)cc(Nc4cc(F)cc(F)c4)nc23)C(=O)N1. The molecule has 4 fully saturated rings. The standard InChI is InChI=1S/C20H16F2N6O2.C19H20ClN5O4/c21-12-5-13(22)7-15(6-12)24-16-8-17(25-14-1-2-14)28-19(26-16)11(9-23-28)3-10-4-18(29)27-20(10)30;1-19(2,3)29-18(28)24(12-4-5-12)15-8-13(20)22-16-11(9-21-25(15)16)6-10-7-14(26)23-17(10)27/h3,5-9,14,25H,1-2,4H2,(H,24,26)(H,27,29,30);6,8-9,12H,4-5,7H2,1-3H3,(H,23,26,27)/b10-3+;10-6+. The van der Waals surface area contributed by atoms with Gasteiger partial charge in [-0.05, 0) is 70.7 Å². The van der Waals surface area contributed by atoms with E-state index in [1.54, 1.807) is 60.7 Å². The second kappa shape index (κ2) is 15.2. The zero-order valence-electron chi connectivity index (χ0n) is 31.8. The van der Waals surface area contributed by atoms with Crippen molar-refractivity contribution in [1.82, 2.24) is 39.8 Å². The molecule has 4 aromatic heterocycles. The maximum absolute atomic E-state index is 13.6. The fraction of sp³-hybridized carbons (Fsp3) is 0.308. The van der Waals surface area contributed by atoms with Crippen molar-refractivity contribution in [3.63, 3.8) is 0 Å². The number of fused-ring (bicyclic) bond motifs is 2. The van der Waals surface area contributed by atoms with Gasteiger partial charge in [0, 0.05) is 58.2 Å². The van der Waals surface area contributed by atoms with Crippen LogP contribution in [0.2, 0.25) is 5.15 Å². The monoisotopic (exact) mass is 827 g/mol. The Morgan fingerprint density at radius 3 is 1.95 bits per heavy atom. The van der Waals surface area contributed by atoms with Crippen LogP contribution in [0, 0.1) is 11.6 Å². The predicted molar refractivity (Wildman–Crippen MR) is 210 cm³/mol. The molecule has 0 spiro atoms. The summed E-state index contributed by atoms with van der Waals surface area (Å²) in [5.74, 6) is -1.57. The molecule has 304 valence electrons. The Kier molecular flexibility index (Phi) is 10.1. The van der Waals surface area contributed by atoms with Gasteiger partial charge in [-0.25, -0.2) is 23.5 Å². The maximum atomic E-state index is 13.6. The molecule has 17 nitrogen and oxygen atoms in total. The van der Waals surface area contributed by atoms with Crippen molar-refractivity contribution in [2.45, 2.75) is 77.0 Å². The molecule has 2 saturated carbocycles. The molecular formula is C39H36ClF2N11O6. The first-order valence-electron chi connectivity index (χ1n) is 18.6. The quantitative estimate of drug-likeness (QED) is 0.0873. The maximum Gasteiger partial charge on any atom is 0.416 e. The molecule has 6 heterocycles. The number of aromatic nitrogens is 6. The third kappa shape index (κ3) is 8.89. The third-order valence-electron chi connectivity index (χ3n) is 9.21. The molecule has 1 aromatic carbocycles. The number of benzene rings is 1. The molecule has 4 aliphatic rings. The van der Waals surface area contributed by atoms with Crippen molar-refractivity contribution in [3.8, 4) is 0 Å². The number of nitrogens with one attached hydrogen (secondary N) is 4. The second-order valence-electron chi connectivity index (χ2n) is 15.4. The molecule has 2 saturated heterocycles. The predicted octanol–water partition coefficient (Wildman–Crippen LogP) is 5.47. The summed E-state index contributed by atoms with van der Waals surface area (Å²) in [5, 5.41) is 19.6. The normalized spacial score (nSPS) is 18.0. The van der Waals surface area contributed by atoms with Crippen LogP contribution in [0.25, 0.3) is 23.4 Å². The highest BCUT2D eigenvalue weighted by Gasteiger charge is 2.38. The zero-order chi connectivity index (χ0) is 41.7. The number of imide groups is 2. The molecule has 4 N–H and O–H groups in total. The Morgan fingerprint density at radius 1 is 0.847 bits per heavy atom. The number of carbonyl (C=O) groups is 5.